The molecule has 0 saturated carbocycles. The number of methoxy groups -OCH3 is 1. The second-order valence-electron chi connectivity index (χ2n) is 8.86. The molecule has 1 fully saturated rings. The van der Waals surface area contributed by atoms with Gasteiger partial charge < -0.3 is 19.9 Å². The quantitative estimate of drug-likeness (QED) is 0.392. The highest BCUT2D eigenvalue weighted by Gasteiger charge is 2.19. The Kier molecular flexibility index (Phi) is 7.00. The standard InChI is InChI=1S/C28H30ClN5O2/c1-3-25-27(34-13-12-24(36-2)18-26(34)31-25)28(35)30-19-20-4-8-22(9-5-20)32-14-16-33(17-15-32)23-10-6-21(29)7-11-23/h4-13,18H,3,14-17,19H2,1-2H3,(H,30,35). The number of amides is 1. The van der Waals surface area contributed by atoms with Crippen molar-refractivity contribution in [1.29, 1.82) is 0 Å². The summed E-state index contributed by atoms with van der Waals surface area (Å²) in [7, 11) is 1.62. The molecule has 0 unspecified atom stereocenters. The van der Waals surface area contributed by atoms with Gasteiger partial charge in [-0.2, -0.15) is 0 Å². The van der Waals surface area contributed by atoms with Crippen molar-refractivity contribution < 1.29 is 9.53 Å². The van der Waals surface area contributed by atoms with Gasteiger partial charge in [-0.05, 0) is 54.4 Å². The number of hydrogen-bond donors (Lipinski definition) is 1. The van der Waals surface area contributed by atoms with Gasteiger partial charge >= 0.3 is 0 Å². The molecule has 2 aromatic heterocycles. The van der Waals surface area contributed by atoms with E-state index in [1.54, 1.807) is 7.11 Å². The minimum atomic E-state index is -0.132. The lowest BCUT2D eigenvalue weighted by molar-refractivity contribution is 0.0944. The smallest absolute Gasteiger partial charge is 0.270 e. The van der Waals surface area contributed by atoms with Gasteiger partial charge in [0.25, 0.3) is 5.91 Å². The number of ether oxygens (including phenoxy) is 1. The number of imidazole rings is 1. The third-order valence-corrected chi connectivity index (χ3v) is 6.93. The number of aromatic nitrogens is 2. The first-order chi connectivity index (χ1) is 17.6. The van der Waals surface area contributed by atoms with Crippen LogP contribution < -0.4 is 19.9 Å². The van der Waals surface area contributed by atoms with Gasteiger partial charge in [-0.15, -0.1) is 0 Å². The predicted molar refractivity (Wildman–Crippen MR) is 145 cm³/mol. The van der Waals surface area contributed by atoms with Crippen molar-refractivity contribution in [2.24, 2.45) is 0 Å². The lowest BCUT2D eigenvalue weighted by Gasteiger charge is -2.37. The predicted octanol–water partition coefficient (Wildman–Crippen LogP) is 4.82. The number of anilines is 2. The van der Waals surface area contributed by atoms with Gasteiger partial charge in [0.2, 0.25) is 0 Å². The van der Waals surface area contributed by atoms with E-state index in [1.165, 1.54) is 11.4 Å². The van der Waals surface area contributed by atoms with E-state index in [0.29, 0.717) is 30.1 Å². The molecule has 0 spiro atoms. The Hall–Kier alpha value is -3.71. The minimum Gasteiger partial charge on any atom is -0.497 e. The Labute approximate surface area is 216 Å². The molecule has 0 aliphatic carbocycles. The molecular formula is C28H30ClN5O2. The van der Waals surface area contributed by atoms with E-state index in [2.05, 4.69) is 56.5 Å². The van der Waals surface area contributed by atoms with E-state index < -0.39 is 0 Å². The Morgan fingerprint density at radius 1 is 0.972 bits per heavy atom. The maximum absolute atomic E-state index is 13.1. The van der Waals surface area contributed by atoms with Crippen LogP contribution in [0.3, 0.4) is 0 Å². The maximum Gasteiger partial charge on any atom is 0.270 e. The minimum absolute atomic E-state index is 0.132. The number of piperazine rings is 1. The van der Waals surface area contributed by atoms with E-state index >= 15 is 0 Å². The molecule has 1 aliphatic heterocycles. The third-order valence-electron chi connectivity index (χ3n) is 6.68. The zero-order valence-electron chi connectivity index (χ0n) is 20.6. The fourth-order valence-electron chi connectivity index (χ4n) is 4.65. The van der Waals surface area contributed by atoms with Gasteiger partial charge in [0.15, 0.2) is 0 Å². The number of nitrogens with one attached hydrogen (secondary N) is 1. The third kappa shape index (κ3) is 4.97. The molecule has 0 bridgehead atoms. The summed E-state index contributed by atoms with van der Waals surface area (Å²) in [5.41, 5.74) is 5.52. The molecule has 3 heterocycles. The molecule has 1 aliphatic rings. The number of fused-ring (bicyclic) bond motifs is 1. The first kappa shape index (κ1) is 24.0. The average Bonchev–Trinajstić information content (AvgIpc) is 3.30. The lowest BCUT2D eigenvalue weighted by Crippen LogP contribution is -2.46. The summed E-state index contributed by atoms with van der Waals surface area (Å²) in [6.07, 6.45) is 2.50. The number of aryl methyl sites for hydroxylation is 1. The molecule has 1 amide bonds. The molecule has 0 radical (unpaired) electrons. The lowest BCUT2D eigenvalue weighted by atomic mass is 10.1. The number of halogens is 1. The Balaban J connectivity index is 1.19. The molecule has 1 N–H and O–H groups in total. The summed E-state index contributed by atoms with van der Waals surface area (Å²) >= 11 is 6.02. The second-order valence-corrected chi connectivity index (χ2v) is 9.29. The van der Waals surface area contributed by atoms with E-state index in [1.807, 2.05) is 41.8 Å². The Morgan fingerprint density at radius 2 is 1.58 bits per heavy atom. The molecule has 4 aromatic rings. The van der Waals surface area contributed by atoms with E-state index in [-0.39, 0.29) is 5.91 Å². The normalized spacial score (nSPS) is 13.8. The molecule has 2 aromatic carbocycles. The topological polar surface area (TPSA) is 62.1 Å². The van der Waals surface area contributed by atoms with Crippen molar-refractivity contribution >= 4 is 34.5 Å². The molecule has 0 atom stereocenters. The first-order valence-electron chi connectivity index (χ1n) is 12.2. The van der Waals surface area contributed by atoms with Crippen molar-refractivity contribution in [2.45, 2.75) is 19.9 Å². The molecular weight excluding hydrogens is 474 g/mol. The number of carbonyl (C=O) groups excluding carboxylic acids is 1. The number of carbonyl (C=O) groups is 1. The van der Waals surface area contributed by atoms with Gasteiger partial charge in [-0.3, -0.25) is 9.20 Å². The summed E-state index contributed by atoms with van der Waals surface area (Å²) < 4.78 is 7.11. The summed E-state index contributed by atoms with van der Waals surface area (Å²) in [4.78, 5) is 22.5. The van der Waals surface area contributed by atoms with Gasteiger partial charge in [-0.1, -0.05) is 30.7 Å². The highest BCUT2D eigenvalue weighted by Crippen LogP contribution is 2.23. The van der Waals surface area contributed by atoms with Crippen LogP contribution in [0.25, 0.3) is 5.65 Å². The van der Waals surface area contributed by atoms with Crippen LogP contribution in [0, 0.1) is 0 Å². The number of pyridine rings is 1. The van der Waals surface area contributed by atoms with Crippen LogP contribution in [-0.2, 0) is 13.0 Å². The number of benzene rings is 2. The van der Waals surface area contributed by atoms with Crippen LogP contribution in [0.2, 0.25) is 5.02 Å². The zero-order valence-corrected chi connectivity index (χ0v) is 21.3. The van der Waals surface area contributed by atoms with Crippen LogP contribution in [-0.4, -0.2) is 48.6 Å². The van der Waals surface area contributed by atoms with Crippen LogP contribution in [0.5, 0.6) is 5.75 Å². The first-order valence-corrected chi connectivity index (χ1v) is 12.6. The highest BCUT2D eigenvalue weighted by molar-refractivity contribution is 6.30. The van der Waals surface area contributed by atoms with Gasteiger partial charge in [0.1, 0.15) is 17.1 Å². The highest BCUT2D eigenvalue weighted by atomic mass is 35.5. The van der Waals surface area contributed by atoms with Gasteiger partial charge in [-0.25, -0.2) is 4.98 Å². The van der Waals surface area contributed by atoms with Crippen LogP contribution in [0.4, 0.5) is 11.4 Å². The van der Waals surface area contributed by atoms with Crippen molar-refractivity contribution in [3.05, 3.63) is 88.8 Å². The van der Waals surface area contributed by atoms with Crippen LogP contribution >= 0.6 is 11.6 Å². The largest absolute Gasteiger partial charge is 0.497 e. The molecule has 8 heteroatoms. The molecule has 1 saturated heterocycles. The zero-order chi connectivity index (χ0) is 25.1. The molecule has 36 heavy (non-hydrogen) atoms. The van der Waals surface area contributed by atoms with Crippen molar-refractivity contribution in [3.8, 4) is 5.75 Å². The fraction of sp³-hybridized carbons (Fsp3) is 0.286. The SMILES string of the molecule is CCc1nc2cc(OC)ccn2c1C(=O)NCc1ccc(N2CCN(c3ccc(Cl)cc3)CC2)cc1. The molecule has 186 valence electrons. The van der Waals surface area contributed by atoms with Crippen molar-refractivity contribution in [3.63, 3.8) is 0 Å². The summed E-state index contributed by atoms with van der Waals surface area (Å²) in [5, 5.41) is 3.83. The number of rotatable bonds is 7. The average molecular weight is 504 g/mol. The van der Waals surface area contributed by atoms with Crippen molar-refractivity contribution in [1.82, 2.24) is 14.7 Å². The number of hydrogen-bond acceptors (Lipinski definition) is 5. The van der Waals surface area contributed by atoms with Crippen LogP contribution in [0.1, 0.15) is 28.7 Å². The summed E-state index contributed by atoms with van der Waals surface area (Å²) in [5.74, 6) is 0.584. The molecule has 7 nitrogen and oxygen atoms in total. The van der Waals surface area contributed by atoms with Gasteiger partial charge in [0.05, 0.1) is 12.8 Å². The van der Waals surface area contributed by atoms with Crippen LogP contribution in [0.15, 0.2) is 66.9 Å². The van der Waals surface area contributed by atoms with E-state index in [4.69, 9.17) is 16.3 Å². The molecule has 5 rings (SSSR count). The summed E-state index contributed by atoms with van der Waals surface area (Å²) in [6.45, 7) is 6.30. The Bertz CT molecular complexity index is 1340. The van der Waals surface area contributed by atoms with E-state index in [0.717, 1.165) is 42.5 Å². The fourth-order valence-corrected chi connectivity index (χ4v) is 4.78. The Morgan fingerprint density at radius 3 is 2.17 bits per heavy atom. The van der Waals surface area contributed by atoms with Crippen molar-refractivity contribution in [2.75, 3.05) is 43.1 Å². The number of nitrogens with zero attached hydrogens (tertiary/aromatic N) is 4. The van der Waals surface area contributed by atoms with E-state index in [9.17, 15) is 4.79 Å². The second kappa shape index (κ2) is 10.5. The summed E-state index contributed by atoms with van der Waals surface area (Å²) in [6, 6.07) is 20.1. The monoisotopic (exact) mass is 503 g/mol. The van der Waals surface area contributed by atoms with Gasteiger partial charge in [0, 0.05) is 61.4 Å². The maximum atomic E-state index is 13.1.